The lowest BCUT2D eigenvalue weighted by molar-refractivity contribution is 0.479. The minimum absolute atomic E-state index is 0.616. The van der Waals surface area contributed by atoms with Crippen molar-refractivity contribution in [3.63, 3.8) is 0 Å². The Morgan fingerprint density at radius 1 is 1.31 bits per heavy atom. The van der Waals surface area contributed by atoms with E-state index >= 15 is 0 Å². The van der Waals surface area contributed by atoms with Gasteiger partial charge in [-0.2, -0.15) is 5.10 Å². The summed E-state index contributed by atoms with van der Waals surface area (Å²) in [6.07, 6.45) is 5.25. The molecule has 2 aromatic rings. The van der Waals surface area contributed by atoms with Crippen LogP contribution < -0.4 is 0 Å². The van der Waals surface area contributed by atoms with E-state index < -0.39 is 0 Å². The lowest BCUT2D eigenvalue weighted by Gasteiger charge is -2.11. The SMILES string of the molecule is Cc1nn(C2CCCC2)c2cc(Br)ccc12. The number of hydrogen-bond donors (Lipinski definition) is 0. The third-order valence-corrected chi connectivity index (χ3v) is 4.02. The molecule has 1 fully saturated rings. The molecule has 16 heavy (non-hydrogen) atoms. The topological polar surface area (TPSA) is 17.8 Å². The van der Waals surface area contributed by atoms with Gasteiger partial charge in [-0.1, -0.05) is 28.8 Å². The van der Waals surface area contributed by atoms with E-state index in [4.69, 9.17) is 5.10 Å². The Bertz CT molecular complexity index is 524. The average Bonchev–Trinajstić information content (AvgIpc) is 2.86. The Labute approximate surface area is 104 Å². The summed E-state index contributed by atoms with van der Waals surface area (Å²) in [6, 6.07) is 7.06. The van der Waals surface area contributed by atoms with E-state index in [1.165, 1.54) is 36.6 Å². The maximum absolute atomic E-state index is 4.71. The average molecular weight is 279 g/mol. The van der Waals surface area contributed by atoms with Crippen LogP contribution in [0.1, 0.15) is 37.4 Å². The third kappa shape index (κ3) is 1.58. The fourth-order valence-corrected chi connectivity index (χ4v) is 3.05. The largest absolute Gasteiger partial charge is 0.262 e. The van der Waals surface area contributed by atoms with E-state index in [1.807, 2.05) is 0 Å². The smallest absolute Gasteiger partial charge is 0.0699 e. The zero-order valence-corrected chi connectivity index (χ0v) is 11.0. The highest BCUT2D eigenvalue weighted by Crippen LogP contribution is 2.33. The predicted molar refractivity (Wildman–Crippen MR) is 69.7 cm³/mol. The standard InChI is InChI=1S/C13H15BrN2/c1-9-12-7-6-10(14)8-13(12)16(15-9)11-4-2-3-5-11/h6-8,11H,2-5H2,1H3. The normalized spacial score (nSPS) is 17.4. The number of rotatable bonds is 1. The highest BCUT2D eigenvalue weighted by atomic mass is 79.9. The second kappa shape index (κ2) is 3.88. The summed E-state index contributed by atoms with van der Waals surface area (Å²) in [5.41, 5.74) is 2.42. The molecule has 1 aliphatic rings. The van der Waals surface area contributed by atoms with E-state index in [9.17, 15) is 0 Å². The number of aromatic nitrogens is 2. The van der Waals surface area contributed by atoms with Gasteiger partial charge in [0.15, 0.2) is 0 Å². The molecule has 0 N–H and O–H groups in total. The maximum atomic E-state index is 4.71. The van der Waals surface area contributed by atoms with Crippen molar-refractivity contribution >= 4 is 26.8 Å². The first-order valence-corrected chi connectivity index (χ1v) is 6.69. The number of aryl methyl sites for hydroxylation is 1. The molecule has 0 bridgehead atoms. The lowest BCUT2D eigenvalue weighted by Crippen LogP contribution is -2.06. The Hall–Kier alpha value is -0.830. The Morgan fingerprint density at radius 3 is 2.81 bits per heavy atom. The number of fused-ring (bicyclic) bond motifs is 1. The van der Waals surface area contributed by atoms with Gasteiger partial charge in [-0.05, 0) is 38.0 Å². The molecule has 1 aromatic heterocycles. The molecule has 0 saturated heterocycles. The van der Waals surface area contributed by atoms with Crippen LogP contribution in [0, 0.1) is 6.92 Å². The molecule has 1 aliphatic carbocycles. The number of benzene rings is 1. The van der Waals surface area contributed by atoms with Crippen LogP contribution in [0.2, 0.25) is 0 Å². The molecule has 0 amide bonds. The van der Waals surface area contributed by atoms with Crippen LogP contribution in [0.3, 0.4) is 0 Å². The van der Waals surface area contributed by atoms with Crippen molar-refractivity contribution in [3.05, 3.63) is 28.4 Å². The van der Waals surface area contributed by atoms with E-state index in [2.05, 4.69) is 45.7 Å². The van der Waals surface area contributed by atoms with Gasteiger partial charge in [0.2, 0.25) is 0 Å². The summed E-state index contributed by atoms with van der Waals surface area (Å²) in [5.74, 6) is 0. The first kappa shape index (κ1) is 10.3. The zero-order valence-electron chi connectivity index (χ0n) is 9.41. The Kier molecular flexibility index (Phi) is 2.51. The molecule has 2 nitrogen and oxygen atoms in total. The third-order valence-electron chi connectivity index (χ3n) is 3.52. The fraction of sp³-hybridized carbons (Fsp3) is 0.462. The molecule has 84 valence electrons. The number of nitrogens with zero attached hydrogens (tertiary/aromatic N) is 2. The van der Waals surface area contributed by atoms with Crippen molar-refractivity contribution in [2.45, 2.75) is 38.6 Å². The molecule has 0 spiro atoms. The predicted octanol–water partition coefficient (Wildman–Crippen LogP) is 4.22. The van der Waals surface area contributed by atoms with Crippen molar-refractivity contribution in [3.8, 4) is 0 Å². The van der Waals surface area contributed by atoms with Crippen LogP contribution >= 0.6 is 15.9 Å². The van der Waals surface area contributed by atoms with Crippen LogP contribution in [0.4, 0.5) is 0 Å². The van der Waals surface area contributed by atoms with Gasteiger partial charge in [0.1, 0.15) is 0 Å². The molecule has 3 heteroatoms. The number of halogens is 1. The minimum atomic E-state index is 0.616. The van der Waals surface area contributed by atoms with E-state index in [0.29, 0.717) is 6.04 Å². The van der Waals surface area contributed by atoms with Gasteiger partial charge < -0.3 is 0 Å². The van der Waals surface area contributed by atoms with Crippen LogP contribution in [0.5, 0.6) is 0 Å². The van der Waals surface area contributed by atoms with Crippen molar-refractivity contribution in [2.75, 3.05) is 0 Å². The van der Waals surface area contributed by atoms with Gasteiger partial charge in [-0.15, -0.1) is 0 Å². The maximum Gasteiger partial charge on any atom is 0.0699 e. The van der Waals surface area contributed by atoms with Gasteiger partial charge in [0, 0.05) is 9.86 Å². The van der Waals surface area contributed by atoms with E-state index in [1.54, 1.807) is 0 Å². The van der Waals surface area contributed by atoms with Crippen LogP contribution in [0.15, 0.2) is 22.7 Å². The van der Waals surface area contributed by atoms with Crippen molar-refractivity contribution in [1.29, 1.82) is 0 Å². The highest BCUT2D eigenvalue weighted by molar-refractivity contribution is 9.10. The molecule has 0 radical (unpaired) electrons. The van der Waals surface area contributed by atoms with E-state index in [-0.39, 0.29) is 0 Å². The van der Waals surface area contributed by atoms with Crippen molar-refractivity contribution < 1.29 is 0 Å². The molecule has 1 saturated carbocycles. The summed E-state index contributed by atoms with van der Waals surface area (Å²) >= 11 is 3.54. The van der Waals surface area contributed by atoms with Crippen LogP contribution in [-0.2, 0) is 0 Å². The first-order valence-electron chi connectivity index (χ1n) is 5.90. The molecule has 3 rings (SSSR count). The molecule has 1 aromatic carbocycles. The highest BCUT2D eigenvalue weighted by Gasteiger charge is 2.20. The Morgan fingerprint density at radius 2 is 2.06 bits per heavy atom. The van der Waals surface area contributed by atoms with Crippen LogP contribution in [0.25, 0.3) is 10.9 Å². The molecule has 1 heterocycles. The quantitative estimate of drug-likeness (QED) is 0.764. The van der Waals surface area contributed by atoms with Gasteiger partial charge in [0.05, 0.1) is 17.3 Å². The number of hydrogen-bond acceptors (Lipinski definition) is 1. The summed E-state index contributed by atoms with van der Waals surface area (Å²) in [5, 5.41) is 6.00. The van der Waals surface area contributed by atoms with Gasteiger partial charge >= 0.3 is 0 Å². The van der Waals surface area contributed by atoms with Gasteiger partial charge in [-0.3, -0.25) is 4.68 Å². The molecular formula is C13H15BrN2. The summed E-state index contributed by atoms with van der Waals surface area (Å²) in [7, 11) is 0. The van der Waals surface area contributed by atoms with E-state index in [0.717, 1.165) is 10.2 Å². The molecule has 0 aliphatic heterocycles. The monoisotopic (exact) mass is 278 g/mol. The van der Waals surface area contributed by atoms with Crippen molar-refractivity contribution in [1.82, 2.24) is 9.78 Å². The molecule has 0 unspecified atom stereocenters. The van der Waals surface area contributed by atoms with Gasteiger partial charge in [0.25, 0.3) is 0 Å². The first-order chi connectivity index (χ1) is 7.75. The Balaban J connectivity index is 2.19. The van der Waals surface area contributed by atoms with Crippen molar-refractivity contribution in [2.24, 2.45) is 0 Å². The lowest BCUT2D eigenvalue weighted by atomic mass is 10.2. The van der Waals surface area contributed by atoms with Crippen LogP contribution in [-0.4, -0.2) is 9.78 Å². The van der Waals surface area contributed by atoms with Gasteiger partial charge in [-0.25, -0.2) is 0 Å². The molecule has 0 atom stereocenters. The fourth-order valence-electron chi connectivity index (χ4n) is 2.70. The molecular weight excluding hydrogens is 264 g/mol. The minimum Gasteiger partial charge on any atom is -0.262 e. The summed E-state index contributed by atoms with van der Waals surface area (Å²) in [6.45, 7) is 2.10. The zero-order chi connectivity index (χ0) is 11.1. The second-order valence-corrected chi connectivity index (χ2v) is 5.55. The summed E-state index contributed by atoms with van der Waals surface area (Å²) < 4.78 is 3.38. The summed E-state index contributed by atoms with van der Waals surface area (Å²) in [4.78, 5) is 0. The second-order valence-electron chi connectivity index (χ2n) is 4.63.